The Kier molecular flexibility index (Phi) is 6.54. The van der Waals surface area contributed by atoms with E-state index in [0.717, 1.165) is 51.7 Å². The molecule has 1 aromatic rings. The fourth-order valence-corrected chi connectivity index (χ4v) is 4.43. The molecule has 144 valence electrons. The molecule has 2 amide bonds. The molecule has 1 saturated carbocycles. The predicted molar refractivity (Wildman–Crippen MR) is 104 cm³/mol. The van der Waals surface area contributed by atoms with Crippen LogP contribution in [0.25, 0.3) is 0 Å². The normalized spacial score (nSPS) is 30.0. The molecule has 2 fully saturated rings. The van der Waals surface area contributed by atoms with Crippen molar-refractivity contribution in [3.8, 4) is 0 Å². The standard InChI is InChI=1S/C21H33N3O2/c1-16-14-24(15-17-6-4-3-5-7-17)13-12-20(16)23(2)21(26)22-18-8-10-19(25)11-9-18/h3-7,16,18-20,25H,8-15H2,1-2H3,(H,22,26)/t16-,18?,19?,20-/m1/s1. The van der Waals surface area contributed by atoms with Crippen LogP contribution < -0.4 is 5.32 Å². The fourth-order valence-electron chi connectivity index (χ4n) is 4.43. The second kappa shape index (κ2) is 8.87. The molecule has 1 aromatic carbocycles. The third-order valence-electron chi connectivity index (χ3n) is 6.04. The summed E-state index contributed by atoms with van der Waals surface area (Å²) in [5.74, 6) is 0.455. The van der Waals surface area contributed by atoms with Crippen LogP contribution in [0.2, 0.25) is 0 Å². The van der Waals surface area contributed by atoms with E-state index in [2.05, 4.69) is 47.5 Å². The molecule has 5 heteroatoms. The van der Waals surface area contributed by atoms with Crippen LogP contribution >= 0.6 is 0 Å². The summed E-state index contributed by atoms with van der Waals surface area (Å²) in [6.07, 6.45) is 4.18. The maximum absolute atomic E-state index is 12.6. The zero-order chi connectivity index (χ0) is 18.5. The maximum atomic E-state index is 12.6. The highest BCUT2D eigenvalue weighted by Crippen LogP contribution is 2.24. The predicted octanol–water partition coefficient (Wildman–Crippen LogP) is 2.84. The summed E-state index contributed by atoms with van der Waals surface area (Å²) in [5.41, 5.74) is 1.35. The number of aliphatic hydroxyl groups is 1. The lowest BCUT2D eigenvalue weighted by Gasteiger charge is -2.41. The summed E-state index contributed by atoms with van der Waals surface area (Å²) in [5, 5.41) is 12.8. The van der Waals surface area contributed by atoms with E-state index in [1.54, 1.807) is 0 Å². The van der Waals surface area contributed by atoms with Gasteiger partial charge in [0, 0.05) is 38.8 Å². The van der Waals surface area contributed by atoms with Crippen LogP contribution in [0.15, 0.2) is 30.3 Å². The SMILES string of the molecule is C[C@@H]1CN(Cc2ccccc2)CC[C@H]1N(C)C(=O)NC1CCC(O)CC1. The van der Waals surface area contributed by atoms with E-state index in [1.807, 2.05) is 11.9 Å². The van der Waals surface area contributed by atoms with Gasteiger partial charge in [-0.2, -0.15) is 0 Å². The zero-order valence-corrected chi connectivity index (χ0v) is 16.1. The Morgan fingerprint density at radius 3 is 2.54 bits per heavy atom. The van der Waals surface area contributed by atoms with Gasteiger partial charge in [0.15, 0.2) is 0 Å². The highest BCUT2D eigenvalue weighted by Gasteiger charge is 2.32. The van der Waals surface area contributed by atoms with Gasteiger partial charge in [-0.1, -0.05) is 37.3 Å². The molecule has 0 radical (unpaired) electrons. The molecule has 1 heterocycles. The number of carbonyl (C=O) groups excluding carboxylic acids is 1. The molecule has 2 atom stereocenters. The van der Waals surface area contributed by atoms with Gasteiger partial charge >= 0.3 is 6.03 Å². The third kappa shape index (κ3) is 4.98. The molecule has 0 bridgehead atoms. The van der Waals surface area contributed by atoms with E-state index in [0.29, 0.717) is 5.92 Å². The van der Waals surface area contributed by atoms with Gasteiger partial charge in [0.1, 0.15) is 0 Å². The van der Waals surface area contributed by atoms with Gasteiger partial charge in [-0.15, -0.1) is 0 Å². The summed E-state index contributed by atoms with van der Waals surface area (Å²) in [6, 6.07) is 11.1. The average molecular weight is 360 g/mol. The number of hydrogen-bond acceptors (Lipinski definition) is 3. The van der Waals surface area contributed by atoms with E-state index in [9.17, 15) is 9.90 Å². The lowest BCUT2D eigenvalue weighted by molar-refractivity contribution is 0.0841. The van der Waals surface area contributed by atoms with Crippen molar-refractivity contribution >= 4 is 6.03 Å². The molecule has 26 heavy (non-hydrogen) atoms. The molecule has 1 aliphatic heterocycles. The molecule has 0 spiro atoms. The maximum Gasteiger partial charge on any atom is 0.317 e. The fraction of sp³-hybridized carbons (Fsp3) is 0.667. The summed E-state index contributed by atoms with van der Waals surface area (Å²) >= 11 is 0. The average Bonchev–Trinajstić information content (AvgIpc) is 2.64. The summed E-state index contributed by atoms with van der Waals surface area (Å²) in [6.45, 7) is 5.28. The summed E-state index contributed by atoms with van der Waals surface area (Å²) in [7, 11) is 1.93. The van der Waals surface area contributed by atoms with Gasteiger partial charge in [-0.05, 0) is 43.6 Å². The van der Waals surface area contributed by atoms with Crippen molar-refractivity contribution in [3.05, 3.63) is 35.9 Å². The summed E-state index contributed by atoms with van der Waals surface area (Å²) < 4.78 is 0. The van der Waals surface area contributed by atoms with E-state index in [4.69, 9.17) is 0 Å². The number of aliphatic hydroxyl groups excluding tert-OH is 1. The first-order chi connectivity index (χ1) is 12.5. The van der Waals surface area contributed by atoms with Crippen molar-refractivity contribution < 1.29 is 9.90 Å². The quantitative estimate of drug-likeness (QED) is 0.869. The van der Waals surface area contributed by atoms with E-state index < -0.39 is 0 Å². The van der Waals surface area contributed by atoms with E-state index in [-0.39, 0.29) is 24.2 Å². The van der Waals surface area contributed by atoms with Crippen LogP contribution in [0.5, 0.6) is 0 Å². The molecular formula is C21H33N3O2. The molecule has 2 N–H and O–H groups in total. The molecule has 1 saturated heterocycles. The topological polar surface area (TPSA) is 55.8 Å². The Balaban J connectivity index is 1.47. The number of nitrogens with zero attached hydrogens (tertiary/aromatic N) is 2. The minimum Gasteiger partial charge on any atom is -0.393 e. The third-order valence-corrected chi connectivity index (χ3v) is 6.04. The van der Waals surface area contributed by atoms with Crippen LogP contribution in [-0.2, 0) is 6.54 Å². The number of urea groups is 1. The summed E-state index contributed by atoms with van der Waals surface area (Å²) in [4.78, 5) is 17.1. The number of rotatable bonds is 4. The first-order valence-corrected chi connectivity index (χ1v) is 10.0. The smallest absolute Gasteiger partial charge is 0.317 e. The van der Waals surface area contributed by atoms with Crippen molar-refractivity contribution in [3.63, 3.8) is 0 Å². The van der Waals surface area contributed by atoms with Crippen LogP contribution in [0, 0.1) is 5.92 Å². The molecular weight excluding hydrogens is 326 g/mol. The Hall–Kier alpha value is -1.59. The van der Waals surface area contributed by atoms with Gasteiger partial charge in [-0.25, -0.2) is 4.79 Å². The number of hydrogen-bond donors (Lipinski definition) is 2. The monoisotopic (exact) mass is 359 g/mol. The van der Waals surface area contributed by atoms with E-state index >= 15 is 0 Å². The van der Waals surface area contributed by atoms with Gasteiger partial charge in [0.2, 0.25) is 0 Å². The molecule has 2 aliphatic rings. The Labute approximate surface area is 157 Å². The van der Waals surface area contributed by atoms with Crippen molar-refractivity contribution in [2.45, 2.75) is 63.8 Å². The molecule has 3 rings (SSSR count). The minimum atomic E-state index is -0.185. The number of amides is 2. The second-order valence-corrected chi connectivity index (χ2v) is 8.12. The number of benzene rings is 1. The van der Waals surface area contributed by atoms with Crippen LogP contribution in [0.3, 0.4) is 0 Å². The van der Waals surface area contributed by atoms with Crippen LogP contribution in [-0.4, -0.2) is 59.3 Å². The Morgan fingerprint density at radius 1 is 1.19 bits per heavy atom. The first kappa shape index (κ1) is 19.2. The zero-order valence-electron chi connectivity index (χ0n) is 16.1. The van der Waals surface area contributed by atoms with Crippen molar-refractivity contribution in [1.29, 1.82) is 0 Å². The number of piperidine rings is 1. The first-order valence-electron chi connectivity index (χ1n) is 10.0. The number of likely N-dealkylation sites (tertiary alicyclic amines) is 1. The molecule has 5 nitrogen and oxygen atoms in total. The van der Waals surface area contributed by atoms with Crippen LogP contribution in [0.1, 0.15) is 44.6 Å². The van der Waals surface area contributed by atoms with E-state index in [1.165, 1.54) is 5.56 Å². The second-order valence-electron chi connectivity index (χ2n) is 8.12. The Morgan fingerprint density at radius 2 is 1.88 bits per heavy atom. The molecule has 0 aromatic heterocycles. The van der Waals surface area contributed by atoms with Gasteiger partial charge in [0.25, 0.3) is 0 Å². The lowest BCUT2D eigenvalue weighted by Crippen LogP contribution is -2.54. The largest absolute Gasteiger partial charge is 0.393 e. The van der Waals surface area contributed by atoms with Gasteiger partial charge in [-0.3, -0.25) is 4.90 Å². The minimum absolute atomic E-state index is 0.0414. The number of carbonyl (C=O) groups is 1. The van der Waals surface area contributed by atoms with Crippen LogP contribution in [0.4, 0.5) is 4.79 Å². The number of nitrogens with one attached hydrogen (secondary N) is 1. The lowest BCUT2D eigenvalue weighted by atomic mass is 9.92. The van der Waals surface area contributed by atoms with Gasteiger partial charge in [0.05, 0.1) is 6.10 Å². The van der Waals surface area contributed by atoms with Crippen molar-refractivity contribution in [1.82, 2.24) is 15.1 Å². The highest BCUT2D eigenvalue weighted by atomic mass is 16.3. The highest BCUT2D eigenvalue weighted by molar-refractivity contribution is 5.74. The molecule has 0 unspecified atom stereocenters. The Bertz CT molecular complexity index is 572. The van der Waals surface area contributed by atoms with Gasteiger partial charge < -0.3 is 15.3 Å². The van der Waals surface area contributed by atoms with Crippen molar-refractivity contribution in [2.24, 2.45) is 5.92 Å². The van der Waals surface area contributed by atoms with Crippen molar-refractivity contribution in [2.75, 3.05) is 20.1 Å². The molecule has 1 aliphatic carbocycles.